The van der Waals surface area contributed by atoms with Crippen molar-refractivity contribution in [2.75, 3.05) is 0 Å². The average molecular weight is 278 g/mol. The Hall–Kier alpha value is -0.100. The van der Waals surface area contributed by atoms with E-state index < -0.39 is 32.4 Å². The number of hydrogen-bond acceptors (Lipinski definition) is 2. The summed E-state index contributed by atoms with van der Waals surface area (Å²) in [7, 11) is -4.80. The van der Waals surface area contributed by atoms with E-state index in [1.54, 1.807) is 6.92 Å². The predicted molar refractivity (Wildman–Crippen MR) is 56.5 cm³/mol. The SMILES string of the molecule is CCCC(OP(=O)(O)O)C(CC)C(F)C(F)F. The predicted octanol–water partition coefficient (Wildman–Crippen LogP) is 2.89. The van der Waals surface area contributed by atoms with Crippen molar-refractivity contribution in [2.24, 2.45) is 5.92 Å². The van der Waals surface area contributed by atoms with E-state index in [1.165, 1.54) is 6.92 Å². The molecule has 0 aromatic carbocycles. The maximum atomic E-state index is 13.3. The molecule has 2 N–H and O–H groups in total. The standard InChI is InChI=1S/C9H18F3O4P/c1-3-5-7(16-17(13,14)15)6(4-2)8(10)9(11)12/h6-9H,3-5H2,1-2H3,(H2,13,14,15). The van der Waals surface area contributed by atoms with Gasteiger partial charge >= 0.3 is 7.82 Å². The summed E-state index contributed by atoms with van der Waals surface area (Å²) in [6, 6.07) is 0. The molecule has 0 spiro atoms. The first-order valence-electron chi connectivity index (χ1n) is 5.39. The number of phosphoric ester groups is 1. The van der Waals surface area contributed by atoms with Gasteiger partial charge in [0.2, 0.25) is 0 Å². The lowest BCUT2D eigenvalue weighted by Crippen LogP contribution is -2.34. The van der Waals surface area contributed by atoms with Crippen molar-refractivity contribution >= 4 is 7.82 Å². The highest BCUT2D eigenvalue weighted by molar-refractivity contribution is 7.46. The summed E-state index contributed by atoms with van der Waals surface area (Å²) in [4.78, 5) is 17.3. The van der Waals surface area contributed by atoms with E-state index in [2.05, 4.69) is 4.52 Å². The third kappa shape index (κ3) is 6.41. The van der Waals surface area contributed by atoms with Gasteiger partial charge in [0.05, 0.1) is 6.10 Å². The minimum absolute atomic E-state index is 0.0240. The average Bonchev–Trinajstić information content (AvgIpc) is 2.16. The summed E-state index contributed by atoms with van der Waals surface area (Å²) >= 11 is 0. The molecule has 0 saturated carbocycles. The number of alkyl halides is 3. The lowest BCUT2D eigenvalue weighted by atomic mass is 9.91. The van der Waals surface area contributed by atoms with Crippen LogP contribution in [0.15, 0.2) is 0 Å². The van der Waals surface area contributed by atoms with Crippen molar-refractivity contribution in [1.82, 2.24) is 0 Å². The Kier molecular flexibility index (Phi) is 7.32. The van der Waals surface area contributed by atoms with Gasteiger partial charge in [0, 0.05) is 5.92 Å². The fourth-order valence-corrected chi connectivity index (χ4v) is 2.30. The lowest BCUT2D eigenvalue weighted by molar-refractivity contribution is -0.0325. The second-order valence-electron chi connectivity index (χ2n) is 3.77. The normalized spacial score (nSPS) is 18.1. The van der Waals surface area contributed by atoms with Gasteiger partial charge in [0.1, 0.15) is 0 Å². The molecule has 0 bridgehead atoms. The summed E-state index contributed by atoms with van der Waals surface area (Å²) in [6.45, 7) is 3.17. The highest BCUT2D eigenvalue weighted by atomic mass is 31.2. The molecule has 0 saturated heterocycles. The molecule has 0 aliphatic rings. The molecule has 0 radical (unpaired) electrons. The molecule has 104 valence electrons. The van der Waals surface area contributed by atoms with Crippen LogP contribution in [0.4, 0.5) is 13.2 Å². The van der Waals surface area contributed by atoms with Gasteiger partial charge < -0.3 is 9.79 Å². The Morgan fingerprint density at radius 1 is 1.24 bits per heavy atom. The Bertz CT molecular complexity index is 259. The fourth-order valence-electron chi connectivity index (χ4n) is 1.69. The Balaban J connectivity index is 4.80. The molecule has 17 heavy (non-hydrogen) atoms. The summed E-state index contributed by atoms with van der Waals surface area (Å²) in [5.74, 6) is -1.22. The van der Waals surface area contributed by atoms with E-state index in [-0.39, 0.29) is 12.8 Å². The first kappa shape index (κ1) is 16.9. The van der Waals surface area contributed by atoms with E-state index in [0.29, 0.717) is 6.42 Å². The first-order chi connectivity index (χ1) is 7.72. The summed E-state index contributed by atoms with van der Waals surface area (Å²) in [5, 5.41) is 0. The quantitative estimate of drug-likeness (QED) is 0.670. The number of hydrogen-bond donors (Lipinski definition) is 2. The molecule has 3 unspecified atom stereocenters. The molecule has 3 atom stereocenters. The van der Waals surface area contributed by atoms with Gasteiger partial charge in [-0.3, -0.25) is 4.52 Å². The van der Waals surface area contributed by atoms with Crippen LogP contribution in [0.1, 0.15) is 33.1 Å². The van der Waals surface area contributed by atoms with Crippen LogP contribution in [0, 0.1) is 5.92 Å². The van der Waals surface area contributed by atoms with Crippen LogP contribution in [-0.4, -0.2) is 28.5 Å². The third-order valence-electron chi connectivity index (χ3n) is 2.44. The Morgan fingerprint density at radius 2 is 1.76 bits per heavy atom. The van der Waals surface area contributed by atoms with Crippen LogP contribution in [0.25, 0.3) is 0 Å². The zero-order valence-corrected chi connectivity index (χ0v) is 10.6. The van der Waals surface area contributed by atoms with Crippen molar-refractivity contribution in [2.45, 2.75) is 51.8 Å². The maximum Gasteiger partial charge on any atom is 0.469 e. The van der Waals surface area contributed by atoms with Crippen molar-refractivity contribution in [3.63, 3.8) is 0 Å². The molecular formula is C9H18F3O4P. The molecule has 0 rings (SSSR count). The molecule has 0 aliphatic heterocycles. The van der Waals surface area contributed by atoms with Crippen LogP contribution >= 0.6 is 7.82 Å². The van der Waals surface area contributed by atoms with Crippen LogP contribution in [-0.2, 0) is 9.09 Å². The van der Waals surface area contributed by atoms with Gasteiger partial charge in [-0.1, -0.05) is 20.3 Å². The summed E-state index contributed by atoms with van der Waals surface area (Å²) in [6.07, 6.45) is -6.22. The van der Waals surface area contributed by atoms with Crippen molar-refractivity contribution in [1.29, 1.82) is 0 Å². The summed E-state index contributed by atoms with van der Waals surface area (Å²) < 4.78 is 52.9. The number of halogens is 3. The highest BCUT2D eigenvalue weighted by Gasteiger charge is 2.37. The van der Waals surface area contributed by atoms with Gasteiger partial charge in [0.15, 0.2) is 6.17 Å². The third-order valence-corrected chi connectivity index (χ3v) is 2.99. The van der Waals surface area contributed by atoms with Gasteiger partial charge in [-0.05, 0) is 12.8 Å². The minimum Gasteiger partial charge on any atom is -0.303 e. The molecular weight excluding hydrogens is 260 g/mol. The van der Waals surface area contributed by atoms with Gasteiger partial charge in [0.25, 0.3) is 6.43 Å². The maximum absolute atomic E-state index is 13.3. The molecule has 0 aliphatic carbocycles. The van der Waals surface area contributed by atoms with E-state index in [9.17, 15) is 17.7 Å². The molecule has 0 fully saturated rings. The molecule has 0 heterocycles. The zero-order valence-electron chi connectivity index (χ0n) is 9.72. The first-order valence-corrected chi connectivity index (χ1v) is 6.92. The number of rotatable bonds is 8. The zero-order chi connectivity index (χ0) is 13.6. The second kappa shape index (κ2) is 7.36. The van der Waals surface area contributed by atoms with E-state index >= 15 is 0 Å². The molecule has 0 aromatic heterocycles. The van der Waals surface area contributed by atoms with E-state index in [4.69, 9.17) is 9.79 Å². The molecule has 4 nitrogen and oxygen atoms in total. The monoisotopic (exact) mass is 278 g/mol. The van der Waals surface area contributed by atoms with Gasteiger partial charge in [-0.2, -0.15) is 0 Å². The molecule has 0 amide bonds. The van der Waals surface area contributed by atoms with Crippen LogP contribution in [0.3, 0.4) is 0 Å². The fraction of sp³-hybridized carbons (Fsp3) is 1.00. The largest absolute Gasteiger partial charge is 0.469 e. The molecule has 0 aromatic rings. The van der Waals surface area contributed by atoms with Crippen molar-refractivity contribution in [3.8, 4) is 0 Å². The van der Waals surface area contributed by atoms with E-state index in [0.717, 1.165) is 0 Å². The topological polar surface area (TPSA) is 66.8 Å². The summed E-state index contributed by atoms with van der Waals surface area (Å²) in [5.41, 5.74) is 0. The minimum atomic E-state index is -4.80. The lowest BCUT2D eigenvalue weighted by Gasteiger charge is -2.28. The smallest absolute Gasteiger partial charge is 0.303 e. The van der Waals surface area contributed by atoms with Gasteiger partial charge in [-0.25, -0.2) is 17.7 Å². The van der Waals surface area contributed by atoms with Crippen molar-refractivity contribution < 1.29 is 32.0 Å². The Labute approximate surface area is 98.4 Å². The van der Waals surface area contributed by atoms with Gasteiger partial charge in [-0.15, -0.1) is 0 Å². The second-order valence-corrected chi connectivity index (χ2v) is 4.97. The highest BCUT2D eigenvalue weighted by Crippen LogP contribution is 2.42. The van der Waals surface area contributed by atoms with E-state index in [1.807, 2.05) is 0 Å². The number of phosphoric acid groups is 1. The van der Waals surface area contributed by atoms with Crippen LogP contribution < -0.4 is 0 Å². The van der Waals surface area contributed by atoms with Crippen molar-refractivity contribution in [3.05, 3.63) is 0 Å². The van der Waals surface area contributed by atoms with Crippen LogP contribution in [0.5, 0.6) is 0 Å². The molecule has 8 heteroatoms. The Morgan fingerprint density at radius 3 is 2.06 bits per heavy atom. The van der Waals surface area contributed by atoms with Crippen LogP contribution in [0.2, 0.25) is 0 Å².